The van der Waals surface area contributed by atoms with Crippen LogP contribution in [0, 0.1) is 0 Å². The Hall–Kier alpha value is -3.25. The van der Waals surface area contributed by atoms with Gasteiger partial charge in [-0.15, -0.1) is 0 Å². The highest BCUT2D eigenvalue weighted by atomic mass is 16.5. The van der Waals surface area contributed by atoms with Gasteiger partial charge in [0.25, 0.3) is 5.91 Å². The molecule has 4 rings (SSSR count). The summed E-state index contributed by atoms with van der Waals surface area (Å²) in [6.07, 6.45) is 5.50. The predicted molar refractivity (Wildman–Crippen MR) is 106 cm³/mol. The predicted octanol–water partition coefficient (Wildman–Crippen LogP) is 3.95. The first kappa shape index (κ1) is 18.1. The van der Waals surface area contributed by atoms with Gasteiger partial charge in [0.15, 0.2) is 5.82 Å². The van der Waals surface area contributed by atoms with E-state index in [9.17, 15) is 4.79 Å². The Morgan fingerprint density at radius 3 is 2.50 bits per heavy atom. The van der Waals surface area contributed by atoms with Crippen LogP contribution >= 0.6 is 0 Å². The van der Waals surface area contributed by atoms with Gasteiger partial charge in [0.2, 0.25) is 0 Å². The molecule has 1 aliphatic heterocycles. The third kappa shape index (κ3) is 4.53. The molecule has 0 bridgehead atoms. The second-order valence-corrected chi connectivity index (χ2v) is 6.59. The molecule has 1 N–H and O–H groups in total. The fourth-order valence-electron chi connectivity index (χ4n) is 3.00. The maximum absolute atomic E-state index is 12.4. The fourth-order valence-corrected chi connectivity index (χ4v) is 3.00. The Balaban J connectivity index is 1.34. The highest BCUT2D eigenvalue weighted by Crippen LogP contribution is 2.18. The normalized spacial score (nSPS) is 15.9. The summed E-state index contributed by atoms with van der Waals surface area (Å²) in [5.74, 6) is 1.12. The smallest absolute Gasteiger partial charge is 0.255 e. The zero-order chi connectivity index (χ0) is 19.2. The first-order valence-electron chi connectivity index (χ1n) is 9.31. The molecule has 0 spiro atoms. The molecule has 2 aromatic carbocycles. The minimum absolute atomic E-state index is 0.168. The second kappa shape index (κ2) is 8.63. The summed E-state index contributed by atoms with van der Waals surface area (Å²) in [4.78, 5) is 21.0. The summed E-state index contributed by atoms with van der Waals surface area (Å²) >= 11 is 0. The van der Waals surface area contributed by atoms with Gasteiger partial charge in [-0.1, -0.05) is 30.3 Å². The van der Waals surface area contributed by atoms with Crippen molar-refractivity contribution < 1.29 is 14.3 Å². The van der Waals surface area contributed by atoms with Crippen LogP contribution in [0.25, 0.3) is 11.4 Å². The number of carbonyl (C=O) groups excluding carboxylic acids is 1. The van der Waals surface area contributed by atoms with E-state index >= 15 is 0 Å². The molecular formula is C22H21N3O3. The molecule has 1 saturated heterocycles. The van der Waals surface area contributed by atoms with Gasteiger partial charge in [-0.05, 0) is 37.1 Å². The van der Waals surface area contributed by atoms with E-state index in [1.807, 2.05) is 30.3 Å². The molecule has 1 fully saturated rings. The van der Waals surface area contributed by atoms with Crippen molar-refractivity contribution in [2.24, 2.45) is 0 Å². The molecule has 1 amide bonds. The maximum atomic E-state index is 12.4. The lowest BCUT2D eigenvalue weighted by Crippen LogP contribution is -2.16. The number of nitrogens with zero attached hydrogens (tertiary/aromatic N) is 2. The van der Waals surface area contributed by atoms with E-state index in [0.717, 1.165) is 30.8 Å². The minimum Gasteiger partial charge on any atom is -0.491 e. The molecular weight excluding hydrogens is 354 g/mol. The molecule has 6 nitrogen and oxygen atoms in total. The molecule has 1 aliphatic rings. The van der Waals surface area contributed by atoms with Gasteiger partial charge in [0.05, 0.1) is 24.2 Å². The third-order valence-corrected chi connectivity index (χ3v) is 4.52. The van der Waals surface area contributed by atoms with Gasteiger partial charge >= 0.3 is 0 Å². The average molecular weight is 375 g/mol. The standard InChI is InChI=1S/C22H21N3O3/c26-22(17-8-10-19(11-9-17)28-15-20-7-4-12-27-20)25-18-13-23-21(24-14-18)16-5-2-1-3-6-16/h1-3,5-6,8-11,13-14,20H,4,7,12,15H2,(H,25,26). The summed E-state index contributed by atoms with van der Waals surface area (Å²) < 4.78 is 11.3. The number of hydrogen-bond donors (Lipinski definition) is 1. The van der Waals surface area contributed by atoms with Crippen LogP contribution < -0.4 is 10.1 Å². The van der Waals surface area contributed by atoms with E-state index in [0.29, 0.717) is 23.7 Å². The summed E-state index contributed by atoms with van der Waals surface area (Å²) in [5.41, 5.74) is 2.01. The Kier molecular flexibility index (Phi) is 5.58. The van der Waals surface area contributed by atoms with Crippen LogP contribution in [0.2, 0.25) is 0 Å². The molecule has 1 atom stereocenters. The lowest BCUT2D eigenvalue weighted by atomic mass is 10.2. The van der Waals surface area contributed by atoms with Gasteiger partial charge in [0.1, 0.15) is 12.4 Å². The minimum atomic E-state index is -0.221. The Morgan fingerprint density at radius 2 is 1.82 bits per heavy atom. The largest absolute Gasteiger partial charge is 0.491 e. The Morgan fingerprint density at radius 1 is 1.07 bits per heavy atom. The van der Waals surface area contributed by atoms with Gasteiger partial charge in [0, 0.05) is 17.7 Å². The molecule has 28 heavy (non-hydrogen) atoms. The zero-order valence-electron chi connectivity index (χ0n) is 15.4. The lowest BCUT2D eigenvalue weighted by Gasteiger charge is -2.11. The van der Waals surface area contributed by atoms with Crippen LogP contribution in [0.5, 0.6) is 5.75 Å². The van der Waals surface area contributed by atoms with Gasteiger partial charge < -0.3 is 14.8 Å². The van der Waals surface area contributed by atoms with Crippen molar-refractivity contribution in [1.29, 1.82) is 0 Å². The quantitative estimate of drug-likeness (QED) is 0.706. The number of aromatic nitrogens is 2. The molecule has 1 aromatic heterocycles. The molecule has 142 valence electrons. The number of carbonyl (C=O) groups is 1. The van der Waals surface area contributed by atoms with E-state index in [2.05, 4.69) is 15.3 Å². The van der Waals surface area contributed by atoms with Crippen LogP contribution in [-0.2, 0) is 4.74 Å². The fraction of sp³-hybridized carbons (Fsp3) is 0.227. The Labute approximate surface area is 163 Å². The van der Waals surface area contributed by atoms with Crippen molar-refractivity contribution in [1.82, 2.24) is 9.97 Å². The van der Waals surface area contributed by atoms with E-state index in [1.165, 1.54) is 0 Å². The number of anilines is 1. The second-order valence-electron chi connectivity index (χ2n) is 6.59. The van der Waals surface area contributed by atoms with Gasteiger partial charge in [-0.25, -0.2) is 9.97 Å². The first-order chi connectivity index (χ1) is 13.8. The highest BCUT2D eigenvalue weighted by molar-refractivity contribution is 6.04. The molecule has 1 unspecified atom stereocenters. The molecule has 2 heterocycles. The summed E-state index contributed by atoms with van der Waals surface area (Å²) in [6, 6.07) is 16.7. The number of rotatable bonds is 6. The van der Waals surface area contributed by atoms with E-state index in [1.54, 1.807) is 36.7 Å². The van der Waals surface area contributed by atoms with Gasteiger partial charge in [-0.3, -0.25) is 4.79 Å². The first-order valence-corrected chi connectivity index (χ1v) is 9.31. The van der Waals surface area contributed by atoms with Crippen LogP contribution in [-0.4, -0.2) is 35.2 Å². The van der Waals surface area contributed by atoms with E-state index in [-0.39, 0.29) is 12.0 Å². The van der Waals surface area contributed by atoms with Crippen LogP contribution in [0.15, 0.2) is 67.0 Å². The van der Waals surface area contributed by atoms with E-state index < -0.39 is 0 Å². The van der Waals surface area contributed by atoms with Crippen molar-refractivity contribution in [3.8, 4) is 17.1 Å². The van der Waals surface area contributed by atoms with Crippen molar-refractivity contribution in [3.63, 3.8) is 0 Å². The number of ether oxygens (including phenoxy) is 2. The SMILES string of the molecule is O=C(Nc1cnc(-c2ccccc2)nc1)c1ccc(OCC2CCCO2)cc1. The number of amides is 1. The van der Waals surface area contributed by atoms with Crippen molar-refractivity contribution in [3.05, 3.63) is 72.6 Å². The summed E-state index contributed by atoms with van der Waals surface area (Å²) in [7, 11) is 0. The lowest BCUT2D eigenvalue weighted by molar-refractivity contribution is 0.0679. The molecule has 3 aromatic rings. The molecule has 0 aliphatic carbocycles. The maximum Gasteiger partial charge on any atom is 0.255 e. The third-order valence-electron chi connectivity index (χ3n) is 4.52. The topological polar surface area (TPSA) is 73.3 Å². The monoisotopic (exact) mass is 375 g/mol. The Bertz CT molecular complexity index is 906. The number of hydrogen-bond acceptors (Lipinski definition) is 5. The van der Waals surface area contributed by atoms with Crippen LogP contribution in [0.1, 0.15) is 23.2 Å². The molecule has 0 radical (unpaired) electrons. The van der Waals surface area contributed by atoms with Crippen molar-refractivity contribution in [2.75, 3.05) is 18.5 Å². The zero-order valence-corrected chi connectivity index (χ0v) is 15.4. The highest BCUT2D eigenvalue weighted by Gasteiger charge is 2.16. The average Bonchev–Trinajstić information content (AvgIpc) is 3.27. The number of nitrogens with one attached hydrogen (secondary N) is 1. The van der Waals surface area contributed by atoms with Crippen LogP contribution in [0.4, 0.5) is 5.69 Å². The molecule has 0 saturated carbocycles. The molecule has 6 heteroatoms. The van der Waals surface area contributed by atoms with Gasteiger partial charge in [-0.2, -0.15) is 0 Å². The van der Waals surface area contributed by atoms with Crippen molar-refractivity contribution in [2.45, 2.75) is 18.9 Å². The summed E-state index contributed by atoms with van der Waals surface area (Å²) in [5, 5.41) is 2.81. The van der Waals surface area contributed by atoms with Crippen molar-refractivity contribution >= 4 is 11.6 Å². The van der Waals surface area contributed by atoms with Crippen LogP contribution in [0.3, 0.4) is 0 Å². The summed E-state index contributed by atoms with van der Waals surface area (Å²) in [6.45, 7) is 1.35. The number of benzene rings is 2. The van der Waals surface area contributed by atoms with E-state index in [4.69, 9.17) is 9.47 Å².